The van der Waals surface area contributed by atoms with Gasteiger partial charge in [0.1, 0.15) is 6.07 Å². The number of aromatic nitrogens is 1. The van der Waals surface area contributed by atoms with Crippen LogP contribution in [0.3, 0.4) is 0 Å². The Morgan fingerprint density at radius 1 is 1.16 bits per heavy atom. The zero-order valence-electron chi connectivity index (χ0n) is 18.2. The highest BCUT2D eigenvalue weighted by atomic mass is 127. The molecule has 5 nitrogen and oxygen atoms in total. The van der Waals surface area contributed by atoms with E-state index in [1.807, 2.05) is 24.4 Å². The maximum Gasteiger partial charge on any atom is 0.161 e. The zero-order valence-corrected chi connectivity index (χ0v) is 20.4. The number of nitrogens with zero attached hydrogens (tertiary/aromatic N) is 3. The minimum absolute atomic E-state index is 0.0335. The Morgan fingerprint density at radius 2 is 1.94 bits per heavy atom. The summed E-state index contributed by atoms with van der Waals surface area (Å²) in [5.41, 5.74) is 4.94. The summed E-state index contributed by atoms with van der Waals surface area (Å²) in [7, 11) is 2.13. The van der Waals surface area contributed by atoms with Crippen LogP contribution in [0.25, 0.3) is 10.9 Å². The molecule has 1 N–H and O–H groups in total. The number of Topliss-reactive ketones (excluding diaryl/α,β-unsaturated/α-hetero) is 1. The minimum atomic E-state index is 0.0335. The summed E-state index contributed by atoms with van der Waals surface area (Å²) in [6.45, 7) is 6.12. The van der Waals surface area contributed by atoms with Crippen LogP contribution in [0.15, 0.2) is 48.7 Å². The van der Waals surface area contributed by atoms with Crippen molar-refractivity contribution in [1.29, 1.82) is 5.26 Å². The average molecular weight is 528 g/mol. The first-order valence-corrected chi connectivity index (χ1v) is 12.1. The van der Waals surface area contributed by atoms with E-state index in [0.717, 1.165) is 54.5 Å². The number of rotatable bonds is 11. The molecule has 1 heterocycles. The highest BCUT2D eigenvalue weighted by molar-refractivity contribution is 14.1. The second-order valence-corrected chi connectivity index (χ2v) is 8.60. The molecule has 2 aromatic carbocycles. The van der Waals surface area contributed by atoms with Gasteiger partial charge in [-0.15, -0.1) is 0 Å². The van der Waals surface area contributed by atoms with Gasteiger partial charge in [0.2, 0.25) is 0 Å². The van der Waals surface area contributed by atoms with Gasteiger partial charge in [0.05, 0.1) is 11.1 Å². The van der Waals surface area contributed by atoms with Gasteiger partial charge < -0.3 is 14.8 Å². The van der Waals surface area contributed by atoms with Crippen molar-refractivity contribution in [2.75, 3.05) is 26.7 Å². The van der Waals surface area contributed by atoms with Crippen molar-refractivity contribution in [1.82, 2.24) is 14.8 Å². The quantitative estimate of drug-likeness (QED) is 0.169. The number of aryl methyl sites for hydroxylation is 1. The summed E-state index contributed by atoms with van der Waals surface area (Å²) in [6, 6.07) is 16.4. The number of benzene rings is 2. The van der Waals surface area contributed by atoms with Crippen molar-refractivity contribution in [3.05, 3.63) is 70.9 Å². The lowest BCUT2D eigenvalue weighted by Crippen LogP contribution is -2.30. The third kappa shape index (κ3) is 5.94. The summed E-state index contributed by atoms with van der Waals surface area (Å²) in [5, 5.41) is 13.9. The lowest BCUT2D eigenvalue weighted by Gasteiger charge is -2.18. The van der Waals surface area contributed by atoms with E-state index in [9.17, 15) is 10.1 Å². The molecule has 0 spiro atoms. The van der Waals surface area contributed by atoms with Gasteiger partial charge in [0.15, 0.2) is 5.78 Å². The van der Waals surface area contributed by atoms with E-state index >= 15 is 0 Å². The number of halogens is 1. The summed E-state index contributed by atoms with van der Waals surface area (Å²) in [6.07, 6.45) is 2.86. The number of ketones is 1. The molecular weight excluding hydrogens is 499 g/mol. The molecule has 0 fully saturated rings. The van der Waals surface area contributed by atoms with Gasteiger partial charge in [-0.3, -0.25) is 4.79 Å². The number of likely N-dealkylation sites (N-methyl/N-ethyl adjacent to an activating group) is 1. The fraction of sp³-hybridized carbons (Fsp3) is 0.360. The Hall–Kier alpha value is -2.21. The molecule has 0 aliphatic heterocycles. The molecule has 1 aromatic heterocycles. The van der Waals surface area contributed by atoms with E-state index in [-0.39, 0.29) is 5.78 Å². The van der Waals surface area contributed by atoms with Crippen LogP contribution in [-0.2, 0) is 17.5 Å². The van der Waals surface area contributed by atoms with E-state index in [0.29, 0.717) is 11.1 Å². The number of carbonyl (C=O) groups excluding carboxylic acids is 1. The second-order valence-electron chi connectivity index (χ2n) is 7.84. The van der Waals surface area contributed by atoms with Crippen LogP contribution < -0.4 is 5.32 Å². The van der Waals surface area contributed by atoms with E-state index in [1.165, 1.54) is 11.1 Å². The van der Waals surface area contributed by atoms with Gasteiger partial charge >= 0.3 is 0 Å². The molecule has 0 amide bonds. The molecule has 0 saturated heterocycles. The summed E-state index contributed by atoms with van der Waals surface area (Å²) >= 11 is 2.41. The van der Waals surface area contributed by atoms with Crippen LogP contribution in [0.1, 0.15) is 40.4 Å². The number of hydrogen-bond acceptors (Lipinski definition) is 4. The molecule has 3 aromatic rings. The van der Waals surface area contributed by atoms with Crippen molar-refractivity contribution >= 4 is 39.3 Å². The molecule has 31 heavy (non-hydrogen) atoms. The largest absolute Gasteiger partial charge is 0.346 e. The maximum absolute atomic E-state index is 12.0. The highest BCUT2D eigenvalue weighted by Crippen LogP contribution is 2.25. The van der Waals surface area contributed by atoms with E-state index in [4.69, 9.17) is 0 Å². The minimum Gasteiger partial charge on any atom is -0.346 e. The van der Waals surface area contributed by atoms with Crippen molar-refractivity contribution in [3.8, 4) is 6.07 Å². The Balaban J connectivity index is 1.50. The Bertz CT molecular complexity index is 1080. The normalized spacial score (nSPS) is 11.2. The van der Waals surface area contributed by atoms with E-state index in [1.54, 1.807) is 6.92 Å². The molecule has 0 aliphatic carbocycles. The molecule has 0 radical (unpaired) electrons. The van der Waals surface area contributed by atoms with E-state index < -0.39 is 0 Å². The van der Waals surface area contributed by atoms with Crippen LogP contribution in [0.4, 0.5) is 0 Å². The molecule has 3 rings (SSSR count). The summed E-state index contributed by atoms with van der Waals surface area (Å²) < 4.78 is 3.10. The van der Waals surface area contributed by atoms with Gasteiger partial charge in [0.25, 0.3) is 0 Å². The highest BCUT2D eigenvalue weighted by Gasteiger charge is 2.14. The number of carbonyl (C=O) groups is 1. The fourth-order valence-electron chi connectivity index (χ4n) is 3.88. The Morgan fingerprint density at radius 3 is 2.65 bits per heavy atom. The predicted molar refractivity (Wildman–Crippen MR) is 135 cm³/mol. The lowest BCUT2D eigenvalue weighted by atomic mass is 10.1. The molecule has 0 aliphatic rings. The molecular formula is C25H29IN4O. The van der Waals surface area contributed by atoms with Crippen LogP contribution in [0, 0.1) is 11.3 Å². The monoisotopic (exact) mass is 528 g/mol. The van der Waals surface area contributed by atoms with Gasteiger partial charge in [0, 0.05) is 47.8 Å². The zero-order chi connectivity index (χ0) is 22.2. The molecule has 0 atom stereocenters. The lowest BCUT2D eigenvalue weighted by molar-refractivity contribution is 0.101. The molecule has 0 unspecified atom stereocenters. The topological polar surface area (TPSA) is 61.1 Å². The SMILES string of the molecule is CC(=O)c1cn(CCCN(C)CCNCc2ccccc2CI)c2c(C#N)cccc12. The van der Waals surface area contributed by atoms with Gasteiger partial charge in [-0.2, -0.15) is 5.26 Å². The second kappa shape index (κ2) is 11.4. The molecule has 6 heteroatoms. The molecule has 0 saturated carbocycles. The van der Waals surface area contributed by atoms with Crippen molar-refractivity contribution in [3.63, 3.8) is 0 Å². The van der Waals surface area contributed by atoms with Crippen LogP contribution in [0.2, 0.25) is 0 Å². The number of para-hydroxylation sites is 1. The Kier molecular flexibility index (Phi) is 8.64. The van der Waals surface area contributed by atoms with Gasteiger partial charge in [-0.1, -0.05) is 59.0 Å². The van der Waals surface area contributed by atoms with Gasteiger partial charge in [-0.25, -0.2) is 0 Å². The smallest absolute Gasteiger partial charge is 0.161 e. The first-order valence-electron chi connectivity index (χ1n) is 10.6. The fourth-order valence-corrected chi connectivity index (χ4v) is 4.63. The van der Waals surface area contributed by atoms with Crippen LogP contribution in [-0.4, -0.2) is 41.9 Å². The maximum atomic E-state index is 12.0. The first kappa shape index (κ1) is 23.5. The summed E-state index contributed by atoms with van der Waals surface area (Å²) in [4.78, 5) is 14.4. The molecule has 162 valence electrons. The van der Waals surface area contributed by atoms with E-state index in [2.05, 4.69) is 74.8 Å². The average Bonchev–Trinajstić information content (AvgIpc) is 3.16. The third-order valence-corrected chi connectivity index (χ3v) is 6.41. The van der Waals surface area contributed by atoms with Crippen LogP contribution >= 0.6 is 22.6 Å². The number of alkyl halides is 1. The number of nitrogens with one attached hydrogen (secondary N) is 1. The van der Waals surface area contributed by atoms with Crippen molar-refractivity contribution in [2.45, 2.75) is 30.9 Å². The summed E-state index contributed by atoms with van der Waals surface area (Å²) in [5.74, 6) is 0.0335. The van der Waals surface area contributed by atoms with Crippen molar-refractivity contribution in [2.24, 2.45) is 0 Å². The number of hydrogen-bond donors (Lipinski definition) is 1. The Labute approximate surface area is 198 Å². The standard InChI is InChI=1S/C25H29IN4O/c1-19(31)24-18-30(25-21(16-27)9-5-10-23(24)25)13-6-12-29(2)14-11-28-17-22-8-4-3-7-20(22)15-26/h3-5,7-10,18,28H,6,11-15,17H2,1-2H3. The van der Waals surface area contributed by atoms with Gasteiger partial charge in [-0.05, 0) is 44.1 Å². The van der Waals surface area contributed by atoms with Crippen molar-refractivity contribution < 1.29 is 4.79 Å². The number of nitriles is 1. The van der Waals surface area contributed by atoms with Crippen LogP contribution in [0.5, 0.6) is 0 Å². The predicted octanol–water partition coefficient (Wildman–Crippen LogP) is 4.76. The first-order chi connectivity index (χ1) is 15.0. The number of fused-ring (bicyclic) bond motifs is 1. The third-order valence-electron chi connectivity index (χ3n) is 5.59. The molecule has 0 bridgehead atoms.